The highest BCUT2D eigenvalue weighted by atomic mass is 19.1. The largest absolute Gasteiger partial charge is 0.314 e. The van der Waals surface area contributed by atoms with Crippen molar-refractivity contribution >= 4 is 0 Å². The standard InChI is InChI=1S/C10H14FNO/c1-3-8-4-5-10(11)6-9(8)7-12(2)13/h4-6,13H,3,7H2,1-2H3. The van der Waals surface area contributed by atoms with E-state index in [0.29, 0.717) is 6.54 Å². The van der Waals surface area contributed by atoms with Crippen LogP contribution in [0.1, 0.15) is 18.1 Å². The highest BCUT2D eigenvalue weighted by Crippen LogP contribution is 2.13. The number of hydrogen-bond donors (Lipinski definition) is 1. The molecule has 0 aromatic heterocycles. The quantitative estimate of drug-likeness (QED) is 0.726. The van der Waals surface area contributed by atoms with Crippen molar-refractivity contribution in [2.75, 3.05) is 7.05 Å². The molecule has 0 bridgehead atoms. The van der Waals surface area contributed by atoms with Gasteiger partial charge in [-0.3, -0.25) is 0 Å². The fraction of sp³-hybridized carbons (Fsp3) is 0.400. The van der Waals surface area contributed by atoms with Crippen molar-refractivity contribution in [1.29, 1.82) is 0 Å². The zero-order valence-electron chi connectivity index (χ0n) is 7.92. The smallest absolute Gasteiger partial charge is 0.123 e. The molecule has 0 spiro atoms. The van der Waals surface area contributed by atoms with Gasteiger partial charge in [-0.15, -0.1) is 0 Å². The molecule has 0 saturated heterocycles. The summed E-state index contributed by atoms with van der Waals surface area (Å²) in [5.41, 5.74) is 1.91. The van der Waals surface area contributed by atoms with Crippen LogP contribution in [-0.2, 0) is 13.0 Å². The Balaban J connectivity index is 2.94. The predicted molar refractivity (Wildman–Crippen MR) is 49.0 cm³/mol. The Hall–Kier alpha value is -0.930. The van der Waals surface area contributed by atoms with Crippen LogP contribution >= 0.6 is 0 Å². The normalized spacial score (nSPS) is 10.8. The van der Waals surface area contributed by atoms with E-state index in [1.54, 1.807) is 13.1 Å². The molecule has 0 heterocycles. The highest BCUT2D eigenvalue weighted by Gasteiger charge is 2.04. The summed E-state index contributed by atoms with van der Waals surface area (Å²) in [6.45, 7) is 2.37. The minimum atomic E-state index is -0.256. The first-order chi connectivity index (χ1) is 6.13. The average molecular weight is 183 g/mol. The summed E-state index contributed by atoms with van der Waals surface area (Å²) in [4.78, 5) is 0. The van der Waals surface area contributed by atoms with E-state index in [0.717, 1.165) is 22.6 Å². The fourth-order valence-corrected chi connectivity index (χ4v) is 1.33. The summed E-state index contributed by atoms with van der Waals surface area (Å²) >= 11 is 0. The van der Waals surface area contributed by atoms with Crippen LogP contribution in [0.4, 0.5) is 4.39 Å². The maximum Gasteiger partial charge on any atom is 0.123 e. The molecule has 0 unspecified atom stereocenters. The summed E-state index contributed by atoms with van der Waals surface area (Å²) in [6.07, 6.45) is 0.851. The Bertz CT molecular complexity index is 286. The average Bonchev–Trinajstić information content (AvgIpc) is 2.03. The van der Waals surface area contributed by atoms with Crippen LogP contribution in [0.2, 0.25) is 0 Å². The molecular formula is C10H14FNO. The first kappa shape index (κ1) is 10.2. The number of hydroxylamine groups is 2. The fourth-order valence-electron chi connectivity index (χ4n) is 1.33. The molecule has 0 aliphatic heterocycles. The van der Waals surface area contributed by atoms with Crippen molar-refractivity contribution in [3.8, 4) is 0 Å². The molecule has 0 fully saturated rings. The Morgan fingerprint density at radius 2 is 2.08 bits per heavy atom. The van der Waals surface area contributed by atoms with Gasteiger partial charge in [-0.2, -0.15) is 5.06 Å². The summed E-state index contributed by atoms with van der Waals surface area (Å²) in [6, 6.07) is 4.67. The Kier molecular flexibility index (Phi) is 3.39. The molecule has 1 rings (SSSR count). The molecule has 2 nitrogen and oxygen atoms in total. The van der Waals surface area contributed by atoms with Crippen LogP contribution in [0.3, 0.4) is 0 Å². The molecule has 3 heteroatoms. The topological polar surface area (TPSA) is 23.5 Å². The molecule has 1 aromatic rings. The maximum absolute atomic E-state index is 12.8. The van der Waals surface area contributed by atoms with Crippen LogP contribution in [-0.4, -0.2) is 17.3 Å². The monoisotopic (exact) mass is 183 g/mol. The van der Waals surface area contributed by atoms with E-state index in [4.69, 9.17) is 5.21 Å². The minimum absolute atomic E-state index is 0.256. The molecule has 0 atom stereocenters. The van der Waals surface area contributed by atoms with Gasteiger partial charge < -0.3 is 5.21 Å². The molecule has 13 heavy (non-hydrogen) atoms. The SMILES string of the molecule is CCc1ccc(F)cc1CN(C)O. The first-order valence-corrected chi connectivity index (χ1v) is 4.30. The molecular weight excluding hydrogens is 169 g/mol. The van der Waals surface area contributed by atoms with E-state index in [-0.39, 0.29) is 5.82 Å². The number of benzene rings is 1. The second kappa shape index (κ2) is 4.35. The number of nitrogens with zero attached hydrogens (tertiary/aromatic N) is 1. The van der Waals surface area contributed by atoms with Crippen LogP contribution < -0.4 is 0 Å². The number of halogens is 1. The molecule has 72 valence electrons. The van der Waals surface area contributed by atoms with Crippen LogP contribution in [0.5, 0.6) is 0 Å². The lowest BCUT2D eigenvalue weighted by atomic mass is 10.1. The number of rotatable bonds is 3. The zero-order chi connectivity index (χ0) is 9.84. The number of aryl methyl sites for hydroxylation is 1. The molecule has 0 saturated carbocycles. The van der Waals surface area contributed by atoms with E-state index in [1.807, 2.05) is 6.92 Å². The maximum atomic E-state index is 12.8. The zero-order valence-corrected chi connectivity index (χ0v) is 7.92. The van der Waals surface area contributed by atoms with Crippen molar-refractivity contribution in [2.24, 2.45) is 0 Å². The molecule has 0 amide bonds. The molecule has 1 N–H and O–H groups in total. The van der Waals surface area contributed by atoms with Crippen molar-refractivity contribution in [3.05, 3.63) is 35.1 Å². The van der Waals surface area contributed by atoms with Gasteiger partial charge in [-0.05, 0) is 29.7 Å². The Labute approximate surface area is 77.6 Å². The van der Waals surface area contributed by atoms with Crippen LogP contribution in [0.25, 0.3) is 0 Å². The second-order valence-electron chi connectivity index (χ2n) is 3.08. The van der Waals surface area contributed by atoms with Gasteiger partial charge in [0.2, 0.25) is 0 Å². The van der Waals surface area contributed by atoms with Crippen LogP contribution in [0.15, 0.2) is 18.2 Å². The van der Waals surface area contributed by atoms with Gasteiger partial charge >= 0.3 is 0 Å². The van der Waals surface area contributed by atoms with Gasteiger partial charge in [0, 0.05) is 13.6 Å². The molecule has 0 aliphatic carbocycles. The third-order valence-corrected chi connectivity index (χ3v) is 1.95. The lowest BCUT2D eigenvalue weighted by molar-refractivity contribution is -0.0733. The molecule has 1 aromatic carbocycles. The van der Waals surface area contributed by atoms with Crippen LogP contribution in [0, 0.1) is 5.82 Å². The van der Waals surface area contributed by atoms with Gasteiger partial charge in [0.25, 0.3) is 0 Å². The molecule has 0 aliphatic rings. The highest BCUT2D eigenvalue weighted by molar-refractivity contribution is 5.27. The number of hydrogen-bond acceptors (Lipinski definition) is 2. The third-order valence-electron chi connectivity index (χ3n) is 1.95. The first-order valence-electron chi connectivity index (χ1n) is 4.30. The lowest BCUT2D eigenvalue weighted by Gasteiger charge is -2.11. The van der Waals surface area contributed by atoms with Crippen molar-refractivity contribution in [1.82, 2.24) is 5.06 Å². The molecule has 0 radical (unpaired) electrons. The van der Waals surface area contributed by atoms with Crippen molar-refractivity contribution < 1.29 is 9.60 Å². The Morgan fingerprint density at radius 1 is 1.38 bits per heavy atom. The summed E-state index contributed by atoms with van der Waals surface area (Å²) in [5.74, 6) is -0.256. The van der Waals surface area contributed by atoms with Gasteiger partial charge in [0.1, 0.15) is 5.82 Å². The van der Waals surface area contributed by atoms with Crippen molar-refractivity contribution in [3.63, 3.8) is 0 Å². The lowest BCUT2D eigenvalue weighted by Crippen LogP contribution is -2.13. The van der Waals surface area contributed by atoms with Gasteiger partial charge in [-0.25, -0.2) is 4.39 Å². The van der Waals surface area contributed by atoms with E-state index in [9.17, 15) is 4.39 Å². The van der Waals surface area contributed by atoms with Crippen molar-refractivity contribution in [2.45, 2.75) is 19.9 Å². The summed E-state index contributed by atoms with van der Waals surface area (Å²) in [7, 11) is 1.55. The second-order valence-corrected chi connectivity index (χ2v) is 3.08. The Morgan fingerprint density at radius 3 is 2.62 bits per heavy atom. The van der Waals surface area contributed by atoms with Gasteiger partial charge in [0.15, 0.2) is 0 Å². The predicted octanol–water partition coefficient (Wildman–Crippen LogP) is 2.21. The van der Waals surface area contributed by atoms with E-state index in [1.165, 1.54) is 12.1 Å². The third kappa shape index (κ3) is 2.79. The van der Waals surface area contributed by atoms with Gasteiger partial charge in [-0.1, -0.05) is 13.0 Å². The minimum Gasteiger partial charge on any atom is -0.314 e. The van der Waals surface area contributed by atoms with E-state index < -0.39 is 0 Å². The van der Waals surface area contributed by atoms with E-state index >= 15 is 0 Å². The summed E-state index contributed by atoms with van der Waals surface area (Å²) in [5, 5.41) is 10.1. The van der Waals surface area contributed by atoms with Gasteiger partial charge in [0.05, 0.1) is 0 Å². The summed E-state index contributed by atoms with van der Waals surface area (Å²) < 4.78 is 12.8. The van der Waals surface area contributed by atoms with E-state index in [2.05, 4.69) is 0 Å².